The Labute approximate surface area is 115 Å². The van der Waals surface area contributed by atoms with Gasteiger partial charge in [-0.15, -0.1) is 5.10 Å². The summed E-state index contributed by atoms with van der Waals surface area (Å²) in [6, 6.07) is 7.94. The molecule has 0 saturated heterocycles. The first-order chi connectivity index (χ1) is 9.20. The van der Waals surface area contributed by atoms with Crippen molar-refractivity contribution in [1.29, 1.82) is 0 Å². The highest BCUT2D eigenvalue weighted by Gasteiger charge is 2.05. The average Bonchev–Trinajstić information content (AvgIpc) is 2.75. The van der Waals surface area contributed by atoms with Crippen LogP contribution in [0, 0.1) is 11.8 Å². The van der Waals surface area contributed by atoms with Crippen molar-refractivity contribution in [3.63, 3.8) is 0 Å². The number of benzene rings is 1. The van der Waals surface area contributed by atoms with E-state index in [-0.39, 0.29) is 5.69 Å². The van der Waals surface area contributed by atoms with Crippen LogP contribution < -0.4 is 11.4 Å². The third kappa shape index (κ3) is 3.50. The Morgan fingerprint density at radius 3 is 3.05 bits per heavy atom. The molecule has 0 aliphatic carbocycles. The Hall–Kier alpha value is -1.97. The van der Waals surface area contributed by atoms with Crippen LogP contribution in [0.2, 0.25) is 0 Å². The van der Waals surface area contributed by atoms with Crippen LogP contribution in [0.4, 0.5) is 0 Å². The minimum absolute atomic E-state index is 0.204. The molecule has 0 fully saturated rings. The van der Waals surface area contributed by atoms with E-state index in [1.807, 2.05) is 24.3 Å². The summed E-state index contributed by atoms with van der Waals surface area (Å²) in [4.78, 5) is 11.2. The summed E-state index contributed by atoms with van der Waals surface area (Å²) < 4.78 is 1.49. The number of aromatic amines is 1. The lowest BCUT2D eigenvalue weighted by atomic mass is 10.1. The quantitative estimate of drug-likeness (QED) is 0.638. The summed E-state index contributed by atoms with van der Waals surface area (Å²) >= 11 is 1.50. The summed E-state index contributed by atoms with van der Waals surface area (Å²) in [7, 11) is 1.69. The van der Waals surface area contributed by atoms with Crippen molar-refractivity contribution in [2.45, 2.75) is 10.9 Å². The van der Waals surface area contributed by atoms with E-state index >= 15 is 0 Å². The van der Waals surface area contributed by atoms with Gasteiger partial charge in [-0.25, -0.2) is 9.89 Å². The molecular weight excluding hydrogens is 260 g/mol. The van der Waals surface area contributed by atoms with Gasteiger partial charge in [0.1, 0.15) is 0 Å². The summed E-state index contributed by atoms with van der Waals surface area (Å²) in [6.45, 7) is 0.356. The standard InChI is InChI=1S/C13H14N4OS/c1-17-12(18)15-16-13(17)19-9-11-5-2-4-10(8-11)6-3-7-14/h2,4-5,8H,7,9,14H2,1H3,(H,15,18). The predicted octanol–water partition coefficient (Wildman–Crippen LogP) is 0.711. The lowest BCUT2D eigenvalue weighted by Crippen LogP contribution is -2.12. The number of nitrogens with two attached hydrogens (primary N) is 1. The lowest BCUT2D eigenvalue weighted by Gasteiger charge is -2.01. The van der Waals surface area contributed by atoms with Crippen molar-refractivity contribution < 1.29 is 0 Å². The molecule has 0 atom stereocenters. The number of hydrogen-bond donors (Lipinski definition) is 2. The molecule has 2 aromatic rings. The van der Waals surface area contributed by atoms with Crippen LogP contribution in [-0.2, 0) is 12.8 Å². The fourth-order valence-electron chi connectivity index (χ4n) is 1.50. The maximum absolute atomic E-state index is 11.2. The summed E-state index contributed by atoms with van der Waals surface area (Å²) in [5.74, 6) is 6.56. The van der Waals surface area contributed by atoms with Gasteiger partial charge >= 0.3 is 5.69 Å². The molecule has 5 nitrogen and oxygen atoms in total. The smallest absolute Gasteiger partial charge is 0.320 e. The van der Waals surface area contributed by atoms with E-state index in [0.717, 1.165) is 16.9 Å². The number of hydrogen-bond acceptors (Lipinski definition) is 4. The van der Waals surface area contributed by atoms with Gasteiger partial charge in [0.15, 0.2) is 5.16 Å². The second kappa shape index (κ2) is 6.27. The minimum atomic E-state index is -0.204. The Balaban J connectivity index is 2.07. The Bertz CT molecular complexity index is 678. The number of nitrogens with zero attached hydrogens (tertiary/aromatic N) is 2. The molecule has 3 N–H and O–H groups in total. The van der Waals surface area contributed by atoms with Crippen LogP contribution in [0.25, 0.3) is 0 Å². The molecule has 0 radical (unpaired) electrons. The average molecular weight is 274 g/mol. The molecule has 0 aliphatic heterocycles. The van der Waals surface area contributed by atoms with Gasteiger partial charge in [0.05, 0.1) is 6.54 Å². The molecule has 0 bridgehead atoms. The number of aromatic nitrogens is 3. The van der Waals surface area contributed by atoms with E-state index in [1.165, 1.54) is 16.3 Å². The van der Waals surface area contributed by atoms with E-state index in [0.29, 0.717) is 11.7 Å². The zero-order chi connectivity index (χ0) is 13.7. The van der Waals surface area contributed by atoms with Crippen molar-refractivity contribution in [3.8, 4) is 11.8 Å². The number of H-pyrrole nitrogens is 1. The first-order valence-electron chi connectivity index (χ1n) is 5.73. The molecule has 0 amide bonds. The van der Waals surface area contributed by atoms with Gasteiger partial charge < -0.3 is 5.73 Å². The van der Waals surface area contributed by atoms with Gasteiger partial charge in [-0.1, -0.05) is 35.7 Å². The third-order valence-electron chi connectivity index (χ3n) is 2.47. The second-order valence-electron chi connectivity index (χ2n) is 3.87. The summed E-state index contributed by atoms with van der Waals surface area (Å²) in [5, 5.41) is 7.03. The Morgan fingerprint density at radius 2 is 2.37 bits per heavy atom. The van der Waals surface area contributed by atoms with Gasteiger partial charge in [0.25, 0.3) is 0 Å². The first-order valence-corrected chi connectivity index (χ1v) is 6.71. The van der Waals surface area contributed by atoms with Crippen molar-refractivity contribution >= 4 is 11.8 Å². The van der Waals surface area contributed by atoms with Gasteiger partial charge in [0.2, 0.25) is 0 Å². The molecule has 98 valence electrons. The molecule has 0 saturated carbocycles. The minimum Gasteiger partial charge on any atom is -0.320 e. The number of thioether (sulfide) groups is 1. The zero-order valence-corrected chi connectivity index (χ0v) is 11.3. The van der Waals surface area contributed by atoms with Crippen molar-refractivity contribution in [1.82, 2.24) is 14.8 Å². The van der Waals surface area contributed by atoms with Crippen LogP contribution in [0.15, 0.2) is 34.2 Å². The molecule has 1 aromatic heterocycles. The van der Waals surface area contributed by atoms with Crippen LogP contribution in [0.1, 0.15) is 11.1 Å². The van der Waals surface area contributed by atoms with E-state index in [9.17, 15) is 4.79 Å². The summed E-state index contributed by atoms with van der Waals surface area (Å²) in [5.41, 5.74) is 7.22. The number of nitrogens with one attached hydrogen (secondary N) is 1. The maximum atomic E-state index is 11.2. The molecule has 0 spiro atoms. The zero-order valence-electron chi connectivity index (χ0n) is 10.5. The topological polar surface area (TPSA) is 76.7 Å². The van der Waals surface area contributed by atoms with Crippen molar-refractivity contribution in [3.05, 3.63) is 45.9 Å². The first kappa shape index (κ1) is 13.5. The molecular formula is C13H14N4OS. The maximum Gasteiger partial charge on any atom is 0.343 e. The van der Waals surface area contributed by atoms with Crippen LogP contribution in [0.3, 0.4) is 0 Å². The largest absolute Gasteiger partial charge is 0.343 e. The molecule has 19 heavy (non-hydrogen) atoms. The fourth-order valence-corrected chi connectivity index (χ4v) is 2.36. The molecule has 2 rings (SSSR count). The molecule has 1 heterocycles. The molecule has 0 unspecified atom stereocenters. The third-order valence-corrected chi connectivity index (χ3v) is 3.57. The Morgan fingerprint density at radius 1 is 1.53 bits per heavy atom. The number of rotatable bonds is 3. The highest BCUT2D eigenvalue weighted by Crippen LogP contribution is 2.19. The van der Waals surface area contributed by atoms with E-state index in [2.05, 4.69) is 22.0 Å². The van der Waals surface area contributed by atoms with E-state index < -0.39 is 0 Å². The monoisotopic (exact) mass is 274 g/mol. The highest BCUT2D eigenvalue weighted by molar-refractivity contribution is 7.98. The van der Waals surface area contributed by atoms with E-state index in [4.69, 9.17) is 5.73 Å². The SMILES string of the molecule is Cn1c(SCc2cccc(C#CCN)c2)n[nH]c1=O. The van der Waals surface area contributed by atoms with Crippen LogP contribution >= 0.6 is 11.8 Å². The molecule has 0 aliphatic rings. The Kier molecular flexibility index (Phi) is 4.44. The van der Waals surface area contributed by atoms with Gasteiger partial charge in [0, 0.05) is 18.4 Å². The van der Waals surface area contributed by atoms with Crippen molar-refractivity contribution in [2.75, 3.05) is 6.54 Å². The van der Waals surface area contributed by atoms with Gasteiger partial charge in [-0.05, 0) is 17.7 Å². The fraction of sp³-hybridized carbons (Fsp3) is 0.231. The predicted molar refractivity (Wildman–Crippen MR) is 75.8 cm³/mol. The molecule has 6 heteroatoms. The lowest BCUT2D eigenvalue weighted by molar-refractivity contribution is 0.766. The summed E-state index contributed by atoms with van der Waals surface area (Å²) in [6.07, 6.45) is 0. The normalized spacial score (nSPS) is 10.0. The van der Waals surface area contributed by atoms with E-state index in [1.54, 1.807) is 7.05 Å². The molecule has 1 aromatic carbocycles. The highest BCUT2D eigenvalue weighted by atomic mass is 32.2. The second-order valence-corrected chi connectivity index (χ2v) is 4.81. The van der Waals surface area contributed by atoms with Gasteiger partial charge in [-0.3, -0.25) is 4.57 Å². The van der Waals surface area contributed by atoms with Crippen LogP contribution in [0.5, 0.6) is 0 Å². The van der Waals surface area contributed by atoms with Gasteiger partial charge in [-0.2, -0.15) is 0 Å². The van der Waals surface area contributed by atoms with Crippen LogP contribution in [-0.4, -0.2) is 21.3 Å². The van der Waals surface area contributed by atoms with Crippen molar-refractivity contribution in [2.24, 2.45) is 12.8 Å².